The van der Waals surface area contributed by atoms with Crippen molar-refractivity contribution in [2.24, 2.45) is 7.05 Å². The van der Waals surface area contributed by atoms with E-state index in [1.807, 2.05) is 13.2 Å². The maximum Gasteiger partial charge on any atom is 0.321 e. The topological polar surface area (TPSA) is 67.2 Å². The molecule has 0 aromatic carbocycles. The third kappa shape index (κ3) is 2.55. The minimum absolute atomic E-state index is 0.409. The van der Waals surface area contributed by atoms with Gasteiger partial charge in [0.1, 0.15) is 6.04 Å². The average Bonchev–Trinajstić information content (AvgIpc) is 2.46. The van der Waals surface area contributed by atoms with E-state index in [0.29, 0.717) is 6.42 Å². The van der Waals surface area contributed by atoms with Crippen LogP contribution in [0.1, 0.15) is 5.69 Å². The van der Waals surface area contributed by atoms with Gasteiger partial charge in [-0.3, -0.25) is 4.79 Å². The van der Waals surface area contributed by atoms with Crippen molar-refractivity contribution in [1.82, 2.24) is 14.9 Å². The minimum atomic E-state index is -0.854. The highest BCUT2D eigenvalue weighted by Gasteiger charge is 2.16. The number of aromatic nitrogens is 2. The van der Waals surface area contributed by atoms with Crippen molar-refractivity contribution in [2.45, 2.75) is 12.5 Å². The van der Waals surface area contributed by atoms with Crippen molar-refractivity contribution < 1.29 is 9.90 Å². The van der Waals surface area contributed by atoms with Gasteiger partial charge in [-0.25, -0.2) is 4.98 Å². The zero-order valence-electron chi connectivity index (χ0n) is 7.69. The molecule has 1 rings (SSSR count). The second kappa shape index (κ2) is 4.04. The summed E-state index contributed by atoms with van der Waals surface area (Å²) in [5, 5.41) is 11.5. The fourth-order valence-electron chi connectivity index (χ4n) is 1.09. The van der Waals surface area contributed by atoms with Crippen LogP contribution in [-0.2, 0) is 18.3 Å². The Bertz CT molecular complexity index is 295. The average molecular weight is 183 g/mol. The van der Waals surface area contributed by atoms with Gasteiger partial charge in [0.05, 0.1) is 12.0 Å². The summed E-state index contributed by atoms with van der Waals surface area (Å²) in [5.74, 6) is -0.854. The predicted octanol–water partition coefficient (Wildman–Crippen LogP) is -0.365. The van der Waals surface area contributed by atoms with Crippen LogP contribution in [0.3, 0.4) is 0 Å². The lowest BCUT2D eigenvalue weighted by atomic mass is 10.2. The molecule has 1 aromatic rings. The number of nitrogens with zero attached hydrogens (tertiary/aromatic N) is 2. The quantitative estimate of drug-likeness (QED) is 0.668. The molecule has 5 nitrogen and oxygen atoms in total. The molecule has 0 radical (unpaired) electrons. The zero-order valence-corrected chi connectivity index (χ0v) is 7.69. The largest absolute Gasteiger partial charge is 0.480 e. The molecule has 0 saturated heterocycles. The number of carboxylic acids is 1. The fraction of sp³-hybridized carbons (Fsp3) is 0.500. The van der Waals surface area contributed by atoms with Crippen molar-refractivity contribution in [1.29, 1.82) is 0 Å². The third-order valence-corrected chi connectivity index (χ3v) is 1.82. The highest BCUT2D eigenvalue weighted by molar-refractivity contribution is 5.73. The van der Waals surface area contributed by atoms with Crippen LogP contribution < -0.4 is 5.32 Å². The van der Waals surface area contributed by atoms with Crippen LogP contribution in [0.25, 0.3) is 0 Å². The summed E-state index contributed by atoms with van der Waals surface area (Å²) in [5.41, 5.74) is 0.782. The monoisotopic (exact) mass is 183 g/mol. The maximum absolute atomic E-state index is 10.6. The van der Waals surface area contributed by atoms with Crippen LogP contribution in [0.2, 0.25) is 0 Å². The molecule has 0 spiro atoms. The van der Waals surface area contributed by atoms with Crippen molar-refractivity contribution in [3.8, 4) is 0 Å². The second-order valence-corrected chi connectivity index (χ2v) is 2.91. The Morgan fingerprint density at radius 3 is 2.92 bits per heavy atom. The van der Waals surface area contributed by atoms with Gasteiger partial charge in [-0.2, -0.15) is 0 Å². The number of carboxylic acid groups (broad SMARTS) is 1. The summed E-state index contributed by atoms with van der Waals surface area (Å²) in [6.07, 6.45) is 3.88. The molecular formula is C8H13N3O2. The van der Waals surface area contributed by atoms with Gasteiger partial charge in [-0.05, 0) is 7.05 Å². The number of hydrogen-bond acceptors (Lipinski definition) is 3. The van der Waals surface area contributed by atoms with E-state index >= 15 is 0 Å². The first-order valence-electron chi connectivity index (χ1n) is 4.00. The van der Waals surface area contributed by atoms with Gasteiger partial charge >= 0.3 is 5.97 Å². The molecule has 1 aromatic heterocycles. The molecule has 0 aliphatic heterocycles. The molecule has 0 saturated carbocycles. The van der Waals surface area contributed by atoms with Crippen molar-refractivity contribution >= 4 is 5.97 Å². The molecule has 1 heterocycles. The van der Waals surface area contributed by atoms with E-state index in [2.05, 4.69) is 10.3 Å². The Morgan fingerprint density at radius 2 is 2.54 bits per heavy atom. The predicted molar refractivity (Wildman–Crippen MR) is 47.4 cm³/mol. The Kier molecular flexibility index (Phi) is 3.02. The SMILES string of the molecule is CNC(Cc1cn(C)cn1)C(=O)O. The molecule has 1 unspecified atom stereocenters. The molecule has 13 heavy (non-hydrogen) atoms. The third-order valence-electron chi connectivity index (χ3n) is 1.82. The second-order valence-electron chi connectivity index (χ2n) is 2.91. The van der Waals surface area contributed by atoms with Gasteiger partial charge in [-0.15, -0.1) is 0 Å². The van der Waals surface area contributed by atoms with Gasteiger partial charge in [0.2, 0.25) is 0 Å². The summed E-state index contributed by atoms with van der Waals surface area (Å²) in [6, 6.07) is -0.560. The van der Waals surface area contributed by atoms with E-state index in [1.54, 1.807) is 17.9 Å². The molecule has 0 bridgehead atoms. The van der Waals surface area contributed by atoms with Crippen LogP contribution in [0.4, 0.5) is 0 Å². The zero-order chi connectivity index (χ0) is 9.84. The molecule has 0 amide bonds. The number of aryl methyl sites for hydroxylation is 1. The molecule has 72 valence electrons. The normalized spacial score (nSPS) is 12.8. The first kappa shape index (κ1) is 9.73. The lowest BCUT2D eigenvalue weighted by Gasteiger charge is -2.08. The summed E-state index contributed by atoms with van der Waals surface area (Å²) < 4.78 is 1.80. The number of rotatable bonds is 4. The molecule has 1 atom stereocenters. The number of carbonyl (C=O) groups is 1. The Labute approximate surface area is 76.4 Å². The molecule has 2 N–H and O–H groups in total. The first-order chi connectivity index (χ1) is 6.13. The van der Waals surface area contributed by atoms with Crippen LogP contribution in [0.5, 0.6) is 0 Å². The number of nitrogens with one attached hydrogen (secondary N) is 1. The lowest BCUT2D eigenvalue weighted by Crippen LogP contribution is -2.35. The number of aliphatic carboxylic acids is 1. The highest BCUT2D eigenvalue weighted by atomic mass is 16.4. The van der Waals surface area contributed by atoms with Gasteiger partial charge in [0, 0.05) is 19.7 Å². The van der Waals surface area contributed by atoms with Crippen LogP contribution in [0, 0.1) is 0 Å². The van der Waals surface area contributed by atoms with Crippen molar-refractivity contribution in [2.75, 3.05) is 7.05 Å². The summed E-state index contributed by atoms with van der Waals surface area (Å²) >= 11 is 0. The van der Waals surface area contributed by atoms with Crippen molar-refractivity contribution in [3.05, 3.63) is 18.2 Å². The number of likely N-dealkylation sites (N-methyl/N-ethyl adjacent to an activating group) is 1. The number of hydrogen-bond donors (Lipinski definition) is 2. The molecule has 0 aliphatic rings. The van der Waals surface area contributed by atoms with E-state index in [9.17, 15) is 4.79 Å². The smallest absolute Gasteiger partial charge is 0.321 e. The Balaban J connectivity index is 2.61. The Morgan fingerprint density at radius 1 is 1.85 bits per heavy atom. The molecule has 0 fully saturated rings. The van der Waals surface area contributed by atoms with E-state index in [-0.39, 0.29) is 0 Å². The van der Waals surface area contributed by atoms with E-state index in [1.165, 1.54) is 0 Å². The molecule has 5 heteroatoms. The Hall–Kier alpha value is -1.36. The lowest BCUT2D eigenvalue weighted by molar-refractivity contribution is -0.139. The van der Waals surface area contributed by atoms with Gasteiger partial charge in [0.25, 0.3) is 0 Å². The fourth-order valence-corrected chi connectivity index (χ4v) is 1.09. The summed E-state index contributed by atoms with van der Waals surface area (Å²) in [6.45, 7) is 0. The van der Waals surface area contributed by atoms with E-state index in [4.69, 9.17) is 5.11 Å². The van der Waals surface area contributed by atoms with Crippen LogP contribution in [-0.4, -0.2) is 33.7 Å². The highest BCUT2D eigenvalue weighted by Crippen LogP contribution is 1.99. The molecular weight excluding hydrogens is 170 g/mol. The van der Waals surface area contributed by atoms with Crippen molar-refractivity contribution in [3.63, 3.8) is 0 Å². The number of imidazole rings is 1. The summed E-state index contributed by atoms with van der Waals surface area (Å²) in [7, 11) is 3.48. The minimum Gasteiger partial charge on any atom is -0.480 e. The standard InChI is InChI=1S/C8H13N3O2/c1-9-7(8(12)13)3-6-4-11(2)5-10-6/h4-5,7,9H,3H2,1-2H3,(H,12,13). The van der Waals surface area contributed by atoms with E-state index in [0.717, 1.165) is 5.69 Å². The maximum atomic E-state index is 10.6. The van der Waals surface area contributed by atoms with Crippen LogP contribution >= 0.6 is 0 Å². The van der Waals surface area contributed by atoms with Gasteiger partial charge in [-0.1, -0.05) is 0 Å². The van der Waals surface area contributed by atoms with Gasteiger partial charge in [0.15, 0.2) is 0 Å². The molecule has 0 aliphatic carbocycles. The van der Waals surface area contributed by atoms with E-state index < -0.39 is 12.0 Å². The van der Waals surface area contributed by atoms with Crippen LogP contribution in [0.15, 0.2) is 12.5 Å². The summed E-state index contributed by atoms with van der Waals surface area (Å²) in [4.78, 5) is 14.7. The van der Waals surface area contributed by atoms with Gasteiger partial charge < -0.3 is 15.0 Å². The first-order valence-corrected chi connectivity index (χ1v) is 4.00.